The molecule has 1 fully saturated rings. The number of hydrogen-bond donors (Lipinski definition) is 0. The number of aromatic nitrogens is 1. The van der Waals surface area contributed by atoms with E-state index in [2.05, 4.69) is 106 Å². The summed E-state index contributed by atoms with van der Waals surface area (Å²) in [5.41, 5.74) is 5.48. The highest BCUT2D eigenvalue weighted by atomic mass is 16.7. The second-order valence-corrected chi connectivity index (χ2v) is 10.5. The third-order valence-corrected chi connectivity index (χ3v) is 7.74. The maximum absolute atomic E-state index is 6.34. The molecule has 1 aliphatic heterocycles. The van der Waals surface area contributed by atoms with E-state index in [9.17, 15) is 0 Å². The molecule has 5 aromatic rings. The lowest BCUT2D eigenvalue weighted by Gasteiger charge is -2.32. The van der Waals surface area contributed by atoms with Crippen LogP contribution < -0.4 is 5.46 Å². The maximum Gasteiger partial charge on any atom is 0.494 e. The molecule has 2 aromatic heterocycles. The van der Waals surface area contributed by atoms with Gasteiger partial charge in [-0.25, -0.2) is 0 Å². The number of furan rings is 1. The second kappa shape index (κ2) is 7.99. The molecule has 0 amide bonds. The summed E-state index contributed by atoms with van der Waals surface area (Å²) in [7, 11) is -0.400. The normalized spacial score (nSPS) is 17.2. The van der Waals surface area contributed by atoms with E-state index in [0.717, 1.165) is 44.5 Å². The number of hydrogen-bond acceptors (Lipinski definition) is 3. The molecule has 180 valence electrons. The fourth-order valence-corrected chi connectivity index (χ4v) is 5.15. The van der Waals surface area contributed by atoms with Gasteiger partial charge in [-0.1, -0.05) is 49.1 Å². The molecule has 0 spiro atoms. The van der Waals surface area contributed by atoms with Gasteiger partial charge in [-0.3, -0.25) is 0 Å². The van der Waals surface area contributed by atoms with Crippen LogP contribution in [0.2, 0.25) is 0 Å². The number of benzene rings is 3. The Bertz CT molecular complexity index is 1670. The quantitative estimate of drug-likeness (QED) is 0.253. The van der Waals surface area contributed by atoms with Crippen molar-refractivity contribution >= 4 is 57.5 Å². The van der Waals surface area contributed by atoms with Crippen LogP contribution in [0.25, 0.3) is 50.6 Å². The van der Waals surface area contributed by atoms with Crippen LogP contribution in [-0.2, 0) is 9.31 Å². The molecule has 0 unspecified atom stereocenters. The summed E-state index contributed by atoms with van der Waals surface area (Å²) in [5, 5.41) is 3.43. The lowest BCUT2D eigenvalue weighted by Crippen LogP contribution is -2.41. The number of nitrogens with zero attached hydrogens (tertiary/aromatic N) is 1. The van der Waals surface area contributed by atoms with Gasteiger partial charge in [0.2, 0.25) is 0 Å². The second-order valence-electron chi connectivity index (χ2n) is 10.5. The number of rotatable bonds is 4. The SMILES string of the molecule is C=Cc1oc2cc(-n3c4ccccc4c4cc(B5OC(C)(C)C(C)(C)O5)ccc43)ccc2c1/C=C\C. The van der Waals surface area contributed by atoms with Gasteiger partial charge in [0, 0.05) is 33.5 Å². The van der Waals surface area contributed by atoms with Gasteiger partial charge in [-0.2, -0.15) is 0 Å². The zero-order valence-electron chi connectivity index (χ0n) is 21.5. The van der Waals surface area contributed by atoms with Gasteiger partial charge in [0.05, 0.1) is 22.2 Å². The van der Waals surface area contributed by atoms with Gasteiger partial charge in [0.1, 0.15) is 11.3 Å². The lowest BCUT2D eigenvalue weighted by atomic mass is 9.78. The van der Waals surface area contributed by atoms with Crippen molar-refractivity contribution in [1.29, 1.82) is 0 Å². The third-order valence-electron chi connectivity index (χ3n) is 7.74. The van der Waals surface area contributed by atoms with Gasteiger partial charge in [-0.15, -0.1) is 0 Å². The van der Waals surface area contributed by atoms with E-state index in [1.807, 2.05) is 13.0 Å². The average molecular weight is 475 g/mol. The van der Waals surface area contributed by atoms with Gasteiger partial charge >= 0.3 is 7.12 Å². The zero-order valence-corrected chi connectivity index (χ0v) is 21.5. The first-order valence-electron chi connectivity index (χ1n) is 12.4. The molecular weight excluding hydrogens is 445 g/mol. The van der Waals surface area contributed by atoms with Crippen LogP contribution in [0.15, 0.2) is 77.7 Å². The first-order valence-corrected chi connectivity index (χ1v) is 12.4. The van der Waals surface area contributed by atoms with Crippen molar-refractivity contribution in [3.63, 3.8) is 0 Å². The molecule has 3 heterocycles. The van der Waals surface area contributed by atoms with Gasteiger partial charge in [-0.05, 0) is 70.4 Å². The molecule has 0 radical (unpaired) electrons. The molecular formula is C31H30BNO3. The van der Waals surface area contributed by atoms with E-state index in [0.29, 0.717) is 0 Å². The Hall–Kier alpha value is -3.54. The van der Waals surface area contributed by atoms with E-state index < -0.39 is 7.12 Å². The predicted molar refractivity (Wildman–Crippen MR) is 151 cm³/mol. The van der Waals surface area contributed by atoms with Crippen molar-refractivity contribution in [1.82, 2.24) is 4.57 Å². The van der Waals surface area contributed by atoms with E-state index in [1.165, 1.54) is 10.8 Å². The fourth-order valence-electron chi connectivity index (χ4n) is 5.15. The van der Waals surface area contributed by atoms with Crippen LogP contribution in [0.5, 0.6) is 0 Å². The van der Waals surface area contributed by atoms with Gasteiger partial charge < -0.3 is 18.3 Å². The van der Waals surface area contributed by atoms with Crippen molar-refractivity contribution in [2.45, 2.75) is 45.8 Å². The molecule has 1 saturated heterocycles. The largest absolute Gasteiger partial charge is 0.494 e. The summed E-state index contributed by atoms with van der Waals surface area (Å²) < 4.78 is 21.1. The minimum Gasteiger partial charge on any atom is -0.456 e. The fraction of sp³-hybridized carbons (Fsp3) is 0.226. The van der Waals surface area contributed by atoms with Crippen LogP contribution in [-0.4, -0.2) is 22.9 Å². The minimum absolute atomic E-state index is 0.380. The molecule has 0 atom stereocenters. The first-order chi connectivity index (χ1) is 17.2. The lowest BCUT2D eigenvalue weighted by molar-refractivity contribution is 0.00578. The zero-order chi connectivity index (χ0) is 25.2. The smallest absolute Gasteiger partial charge is 0.456 e. The van der Waals surface area contributed by atoms with Crippen LogP contribution in [0.1, 0.15) is 45.9 Å². The highest BCUT2D eigenvalue weighted by Crippen LogP contribution is 2.38. The van der Waals surface area contributed by atoms with Crippen molar-refractivity contribution < 1.29 is 13.7 Å². The van der Waals surface area contributed by atoms with Crippen molar-refractivity contribution in [3.8, 4) is 5.69 Å². The summed E-state index contributed by atoms with van der Waals surface area (Å²) in [4.78, 5) is 0. The molecule has 5 heteroatoms. The van der Waals surface area contributed by atoms with Crippen molar-refractivity contribution in [2.75, 3.05) is 0 Å². The molecule has 0 saturated carbocycles. The minimum atomic E-state index is -0.400. The Morgan fingerprint density at radius 2 is 1.56 bits per heavy atom. The van der Waals surface area contributed by atoms with Crippen LogP contribution in [0.4, 0.5) is 0 Å². The van der Waals surface area contributed by atoms with Crippen LogP contribution in [0, 0.1) is 0 Å². The number of allylic oxidation sites excluding steroid dienone is 1. The van der Waals surface area contributed by atoms with Crippen LogP contribution in [0.3, 0.4) is 0 Å². The van der Waals surface area contributed by atoms with Crippen molar-refractivity contribution in [3.05, 3.63) is 84.6 Å². The predicted octanol–water partition coefficient (Wildman–Crippen LogP) is 7.51. The Kier molecular flexibility index (Phi) is 5.08. The Morgan fingerprint density at radius 3 is 2.28 bits per heavy atom. The van der Waals surface area contributed by atoms with Gasteiger partial charge in [0.25, 0.3) is 0 Å². The molecule has 6 rings (SSSR count). The topological polar surface area (TPSA) is 36.5 Å². The van der Waals surface area contributed by atoms with Gasteiger partial charge in [0.15, 0.2) is 0 Å². The van der Waals surface area contributed by atoms with E-state index in [4.69, 9.17) is 13.7 Å². The van der Waals surface area contributed by atoms with E-state index >= 15 is 0 Å². The Morgan fingerprint density at radius 1 is 0.833 bits per heavy atom. The number of para-hydroxylation sites is 1. The average Bonchev–Trinajstić information content (AvgIpc) is 3.45. The summed E-state index contributed by atoms with van der Waals surface area (Å²) in [6.07, 6.45) is 5.86. The molecule has 0 bridgehead atoms. The summed E-state index contributed by atoms with van der Waals surface area (Å²) in [6, 6.07) is 21.4. The molecule has 3 aromatic carbocycles. The highest BCUT2D eigenvalue weighted by molar-refractivity contribution is 6.62. The van der Waals surface area contributed by atoms with Crippen LogP contribution >= 0.6 is 0 Å². The molecule has 0 aliphatic carbocycles. The van der Waals surface area contributed by atoms with E-state index in [1.54, 1.807) is 6.08 Å². The number of fused-ring (bicyclic) bond motifs is 4. The Balaban J connectivity index is 1.54. The molecule has 36 heavy (non-hydrogen) atoms. The summed E-state index contributed by atoms with van der Waals surface area (Å²) in [6.45, 7) is 14.3. The third kappa shape index (κ3) is 3.30. The highest BCUT2D eigenvalue weighted by Gasteiger charge is 2.51. The van der Waals surface area contributed by atoms with Crippen molar-refractivity contribution in [2.24, 2.45) is 0 Å². The summed E-state index contributed by atoms with van der Waals surface area (Å²) in [5.74, 6) is 0.787. The maximum atomic E-state index is 6.34. The standard InChI is InChI=1S/C31H30BNO3/c1-7-11-23-24-16-15-21(19-29(24)34-28(23)8-2)33-26-13-10-9-12-22(26)25-18-20(14-17-27(25)33)32-35-30(3,4)31(5,6)36-32/h7-19H,2H2,1,3-6H3/b11-7-. The molecule has 4 nitrogen and oxygen atoms in total. The summed E-state index contributed by atoms with van der Waals surface area (Å²) >= 11 is 0. The van der Waals surface area contributed by atoms with E-state index in [-0.39, 0.29) is 11.2 Å². The monoisotopic (exact) mass is 475 g/mol. The molecule has 1 aliphatic rings. The molecule has 0 N–H and O–H groups in total. The first kappa shape index (κ1) is 22.9. The Labute approximate surface area is 211 Å².